The first-order chi connectivity index (χ1) is 13.6. The molecule has 0 aliphatic heterocycles. The van der Waals surface area contributed by atoms with Crippen molar-refractivity contribution in [1.82, 2.24) is 21.0 Å². The zero-order valence-electron chi connectivity index (χ0n) is 14.9. The van der Waals surface area contributed by atoms with Crippen LogP contribution in [-0.4, -0.2) is 27.8 Å². The zero-order chi connectivity index (χ0) is 19.9. The van der Waals surface area contributed by atoms with Crippen molar-refractivity contribution in [3.05, 3.63) is 64.7 Å². The second kappa shape index (κ2) is 9.38. The maximum absolute atomic E-state index is 12.0. The minimum absolute atomic E-state index is 0.000786. The van der Waals surface area contributed by atoms with E-state index in [2.05, 4.69) is 21.0 Å². The molecule has 0 bridgehead atoms. The van der Waals surface area contributed by atoms with E-state index in [1.807, 2.05) is 25.1 Å². The topological polar surface area (TPSA) is 97.1 Å². The van der Waals surface area contributed by atoms with E-state index in [4.69, 9.17) is 16.0 Å². The molecule has 144 valence electrons. The van der Waals surface area contributed by atoms with Crippen LogP contribution in [0, 0.1) is 0 Å². The summed E-state index contributed by atoms with van der Waals surface area (Å²) in [6.45, 7) is 2.04. The van der Waals surface area contributed by atoms with E-state index in [1.54, 1.807) is 30.3 Å². The predicted molar refractivity (Wildman–Crippen MR) is 107 cm³/mol. The molecule has 3 aromatic rings. The third kappa shape index (κ3) is 5.11. The number of aryl methyl sites for hydroxylation is 1. The number of hydrogen-bond donors (Lipinski definition) is 2. The Balaban J connectivity index is 1.48. The number of benzene rings is 2. The Morgan fingerprint density at radius 3 is 2.54 bits per heavy atom. The highest BCUT2D eigenvalue weighted by atomic mass is 35.5. The van der Waals surface area contributed by atoms with Crippen LogP contribution in [0.2, 0.25) is 5.02 Å². The first-order valence-electron chi connectivity index (χ1n) is 8.46. The quantitative estimate of drug-likeness (QED) is 0.471. The lowest BCUT2D eigenvalue weighted by Gasteiger charge is -2.07. The van der Waals surface area contributed by atoms with Crippen LogP contribution in [0.5, 0.6) is 0 Å². The number of hydrogen-bond acceptors (Lipinski definition) is 6. The van der Waals surface area contributed by atoms with Gasteiger partial charge in [-0.1, -0.05) is 54.6 Å². The summed E-state index contributed by atoms with van der Waals surface area (Å²) in [5.41, 5.74) is 6.95. The molecule has 0 saturated heterocycles. The minimum atomic E-state index is -0.402. The summed E-state index contributed by atoms with van der Waals surface area (Å²) in [5, 5.41) is 8.54. The molecule has 2 N–H and O–H groups in total. The fourth-order valence-electron chi connectivity index (χ4n) is 2.27. The third-order valence-electron chi connectivity index (χ3n) is 3.78. The number of nitrogens with zero attached hydrogens (tertiary/aromatic N) is 2. The SMILES string of the molecule is CCc1ccc(C(=O)NNC(=O)CSc2nnc(-c3ccccc3Cl)o2)cc1. The van der Waals surface area contributed by atoms with Gasteiger partial charge in [-0.2, -0.15) is 0 Å². The monoisotopic (exact) mass is 416 g/mol. The molecule has 0 spiro atoms. The molecular weight excluding hydrogens is 400 g/mol. The standard InChI is InChI=1S/C19H17ClN4O3S/c1-2-12-7-9-13(10-8-12)17(26)22-21-16(25)11-28-19-24-23-18(27-19)14-5-3-4-6-15(14)20/h3-10H,2,11H2,1H3,(H,21,25)(H,22,26). The van der Waals surface area contributed by atoms with E-state index in [1.165, 1.54) is 0 Å². The van der Waals surface area contributed by atoms with Crippen LogP contribution in [0.1, 0.15) is 22.8 Å². The van der Waals surface area contributed by atoms with Crippen molar-refractivity contribution in [3.63, 3.8) is 0 Å². The second-order valence-electron chi connectivity index (χ2n) is 5.69. The summed E-state index contributed by atoms with van der Waals surface area (Å²) in [6.07, 6.45) is 0.893. The molecule has 0 aliphatic rings. The van der Waals surface area contributed by atoms with Crippen molar-refractivity contribution in [2.24, 2.45) is 0 Å². The van der Waals surface area contributed by atoms with Gasteiger partial charge in [0.05, 0.1) is 16.3 Å². The number of amides is 2. The van der Waals surface area contributed by atoms with Gasteiger partial charge in [-0.3, -0.25) is 20.4 Å². The van der Waals surface area contributed by atoms with Crippen LogP contribution in [0.25, 0.3) is 11.5 Å². The Labute approximate surface area is 170 Å². The summed E-state index contributed by atoms with van der Waals surface area (Å²) < 4.78 is 5.51. The lowest BCUT2D eigenvalue weighted by atomic mass is 10.1. The van der Waals surface area contributed by atoms with Gasteiger partial charge in [0.25, 0.3) is 11.1 Å². The van der Waals surface area contributed by atoms with Crippen LogP contribution in [0.15, 0.2) is 58.2 Å². The van der Waals surface area contributed by atoms with Gasteiger partial charge < -0.3 is 4.42 Å². The molecule has 2 aromatic carbocycles. The van der Waals surface area contributed by atoms with Crippen LogP contribution in [-0.2, 0) is 11.2 Å². The van der Waals surface area contributed by atoms with Crippen molar-refractivity contribution in [2.45, 2.75) is 18.6 Å². The summed E-state index contributed by atoms with van der Waals surface area (Å²) in [6, 6.07) is 14.3. The molecular formula is C19H17ClN4O3S. The van der Waals surface area contributed by atoms with Crippen LogP contribution < -0.4 is 10.9 Å². The first-order valence-corrected chi connectivity index (χ1v) is 9.82. The summed E-state index contributed by atoms with van der Waals surface area (Å²) >= 11 is 7.15. The molecule has 2 amide bonds. The molecule has 0 atom stereocenters. The summed E-state index contributed by atoms with van der Waals surface area (Å²) in [7, 11) is 0. The number of halogens is 1. The number of carbonyl (C=O) groups is 2. The molecule has 1 aromatic heterocycles. The number of aromatic nitrogens is 2. The van der Waals surface area contributed by atoms with Gasteiger partial charge in [0.1, 0.15) is 0 Å². The predicted octanol–water partition coefficient (Wildman–Crippen LogP) is 3.51. The smallest absolute Gasteiger partial charge is 0.277 e. The maximum Gasteiger partial charge on any atom is 0.277 e. The molecule has 0 saturated carbocycles. The van der Waals surface area contributed by atoms with E-state index in [0.29, 0.717) is 16.1 Å². The first kappa shape index (κ1) is 19.9. The van der Waals surface area contributed by atoms with Gasteiger partial charge >= 0.3 is 0 Å². The van der Waals surface area contributed by atoms with Crippen LogP contribution >= 0.6 is 23.4 Å². The Morgan fingerprint density at radius 2 is 1.82 bits per heavy atom. The van der Waals surface area contributed by atoms with Gasteiger partial charge in [0, 0.05) is 5.56 Å². The van der Waals surface area contributed by atoms with Crippen molar-refractivity contribution in [3.8, 4) is 11.5 Å². The van der Waals surface area contributed by atoms with Crippen molar-refractivity contribution in [2.75, 3.05) is 5.75 Å². The lowest BCUT2D eigenvalue weighted by molar-refractivity contribution is -0.119. The summed E-state index contributed by atoms with van der Waals surface area (Å²) in [5.74, 6) is -0.516. The van der Waals surface area contributed by atoms with Crippen molar-refractivity contribution in [1.29, 1.82) is 0 Å². The lowest BCUT2D eigenvalue weighted by Crippen LogP contribution is -2.42. The molecule has 0 fully saturated rings. The van der Waals surface area contributed by atoms with E-state index in [0.717, 1.165) is 23.7 Å². The number of thioether (sulfide) groups is 1. The number of hydrazine groups is 1. The average molecular weight is 417 g/mol. The molecule has 1 heterocycles. The van der Waals surface area contributed by atoms with Crippen molar-refractivity contribution >= 4 is 35.2 Å². The van der Waals surface area contributed by atoms with Crippen LogP contribution in [0.4, 0.5) is 0 Å². The fraction of sp³-hybridized carbons (Fsp3) is 0.158. The van der Waals surface area contributed by atoms with Gasteiger partial charge in [0.15, 0.2) is 0 Å². The van der Waals surface area contributed by atoms with E-state index < -0.39 is 5.91 Å². The van der Waals surface area contributed by atoms with E-state index >= 15 is 0 Å². The molecule has 0 unspecified atom stereocenters. The van der Waals surface area contributed by atoms with Gasteiger partial charge in [-0.05, 0) is 36.2 Å². The number of carbonyl (C=O) groups excluding carboxylic acids is 2. The maximum atomic E-state index is 12.0. The zero-order valence-corrected chi connectivity index (χ0v) is 16.5. The fourth-order valence-corrected chi connectivity index (χ4v) is 3.05. The van der Waals surface area contributed by atoms with Gasteiger partial charge in [-0.25, -0.2) is 0 Å². The number of nitrogens with one attached hydrogen (secondary N) is 2. The van der Waals surface area contributed by atoms with Gasteiger partial charge in [0.2, 0.25) is 11.8 Å². The van der Waals surface area contributed by atoms with E-state index in [-0.39, 0.29) is 22.8 Å². The van der Waals surface area contributed by atoms with Crippen molar-refractivity contribution < 1.29 is 14.0 Å². The Hall–Kier alpha value is -2.84. The molecule has 0 radical (unpaired) electrons. The van der Waals surface area contributed by atoms with Gasteiger partial charge in [-0.15, -0.1) is 10.2 Å². The normalized spacial score (nSPS) is 10.5. The minimum Gasteiger partial charge on any atom is -0.411 e. The largest absolute Gasteiger partial charge is 0.411 e. The average Bonchev–Trinajstić information content (AvgIpc) is 3.19. The van der Waals surface area contributed by atoms with Crippen LogP contribution in [0.3, 0.4) is 0 Å². The highest BCUT2D eigenvalue weighted by Crippen LogP contribution is 2.28. The highest BCUT2D eigenvalue weighted by molar-refractivity contribution is 7.99. The molecule has 28 heavy (non-hydrogen) atoms. The highest BCUT2D eigenvalue weighted by Gasteiger charge is 2.14. The Kier molecular flexibility index (Phi) is 6.67. The molecule has 0 aliphatic carbocycles. The molecule has 7 nitrogen and oxygen atoms in total. The van der Waals surface area contributed by atoms with E-state index in [9.17, 15) is 9.59 Å². The summed E-state index contributed by atoms with van der Waals surface area (Å²) in [4.78, 5) is 24.0. The third-order valence-corrected chi connectivity index (χ3v) is 4.93. The molecule has 9 heteroatoms. The second-order valence-corrected chi connectivity index (χ2v) is 7.03. The Morgan fingerprint density at radius 1 is 1.07 bits per heavy atom. The Bertz CT molecular complexity index is 975. The molecule has 3 rings (SSSR count). The number of rotatable bonds is 6.